The molecule has 1 aromatic rings. The lowest BCUT2D eigenvalue weighted by atomic mass is 9.91. The molecule has 1 atom stereocenters. The molecule has 0 amide bonds. The molecule has 1 unspecified atom stereocenters. The van der Waals surface area contributed by atoms with Crippen molar-refractivity contribution in [3.8, 4) is 6.07 Å². The van der Waals surface area contributed by atoms with Crippen molar-refractivity contribution in [2.75, 3.05) is 13.1 Å². The van der Waals surface area contributed by atoms with Crippen LogP contribution in [0.15, 0.2) is 24.3 Å². The number of hydrogen-bond donors (Lipinski definition) is 0. The lowest BCUT2D eigenvalue weighted by Gasteiger charge is -2.36. The first-order valence-corrected chi connectivity index (χ1v) is 7.35. The molecule has 3 heteroatoms. The summed E-state index contributed by atoms with van der Waals surface area (Å²) in [5.41, 5.74) is 0.558. The van der Waals surface area contributed by atoms with E-state index in [0.717, 1.165) is 36.5 Å². The highest BCUT2D eigenvalue weighted by atomic mass is 35.5. The third-order valence-corrected chi connectivity index (χ3v) is 3.79. The Labute approximate surface area is 122 Å². The van der Waals surface area contributed by atoms with Gasteiger partial charge in [0.25, 0.3) is 0 Å². The van der Waals surface area contributed by atoms with Crippen molar-refractivity contribution in [1.82, 2.24) is 4.90 Å². The normalized spacial score (nSPS) is 14.1. The van der Waals surface area contributed by atoms with Gasteiger partial charge in [-0.15, -0.1) is 0 Å². The minimum absolute atomic E-state index is 0.489. The summed E-state index contributed by atoms with van der Waals surface area (Å²) in [7, 11) is 0. The van der Waals surface area contributed by atoms with Gasteiger partial charge in [-0.25, -0.2) is 0 Å². The van der Waals surface area contributed by atoms with Crippen LogP contribution in [0.2, 0.25) is 5.02 Å². The van der Waals surface area contributed by atoms with E-state index in [4.69, 9.17) is 11.6 Å². The largest absolute Gasteiger partial charge is 0.286 e. The van der Waals surface area contributed by atoms with Crippen molar-refractivity contribution in [3.05, 3.63) is 34.9 Å². The Morgan fingerprint density at radius 2 is 1.79 bits per heavy atom. The lowest BCUT2D eigenvalue weighted by molar-refractivity contribution is 0.151. The van der Waals surface area contributed by atoms with Gasteiger partial charge >= 0.3 is 0 Å². The molecule has 0 bridgehead atoms. The van der Waals surface area contributed by atoms with E-state index in [1.807, 2.05) is 31.2 Å². The average molecular weight is 279 g/mol. The quantitative estimate of drug-likeness (QED) is 0.744. The van der Waals surface area contributed by atoms with Crippen molar-refractivity contribution in [1.29, 1.82) is 5.26 Å². The first kappa shape index (κ1) is 16.0. The number of hydrogen-bond acceptors (Lipinski definition) is 2. The first-order chi connectivity index (χ1) is 9.07. The SMILES string of the molecule is CCCN(CCC)C(C)(C#N)Cc1ccccc1Cl. The Morgan fingerprint density at radius 1 is 1.21 bits per heavy atom. The highest BCUT2D eigenvalue weighted by Crippen LogP contribution is 2.25. The zero-order valence-corrected chi connectivity index (χ0v) is 12.9. The van der Waals surface area contributed by atoms with E-state index in [-0.39, 0.29) is 0 Å². The van der Waals surface area contributed by atoms with E-state index in [1.165, 1.54) is 0 Å². The van der Waals surface area contributed by atoms with E-state index in [1.54, 1.807) is 0 Å². The van der Waals surface area contributed by atoms with Crippen molar-refractivity contribution >= 4 is 11.6 Å². The molecule has 0 spiro atoms. The zero-order chi connectivity index (χ0) is 14.3. The van der Waals surface area contributed by atoms with Gasteiger partial charge in [-0.3, -0.25) is 4.90 Å². The maximum Gasteiger partial charge on any atom is 0.110 e. The molecule has 0 aliphatic heterocycles. The standard InChI is InChI=1S/C16H23ClN2/c1-4-10-19(11-5-2)16(3,13-18)12-14-8-6-7-9-15(14)17/h6-9H,4-5,10-12H2,1-3H3. The Balaban J connectivity index is 2.96. The van der Waals surface area contributed by atoms with Crippen LogP contribution in [-0.2, 0) is 6.42 Å². The number of benzene rings is 1. The highest BCUT2D eigenvalue weighted by molar-refractivity contribution is 6.31. The van der Waals surface area contributed by atoms with Crippen LogP contribution in [0.4, 0.5) is 0 Å². The van der Waals surface area contributed by atoms with Gasteiger partial charge in [-0.05, 0) is 44.5 Å². The van der Waals surface area contributed by atoms with E-state index >= 15 is 0 Å². The fourth-order valence-electron chi connectivity index (χ4n) is 2.38. The molecule has 1 aromatic carbocycles. The van der Waals surface area contributed by atoms with Gasteiger partial charge in [0.1, 0.15) is 5.54 Å². The van der Waals surface area contributed by atoms with E-state index in [2.05, 4.69) is 24.8 Å². The van der Waals surface area contributed by atoms with Gasteiger partial charge in [0.15, 0.2) is 0 Å². The molecule has 0 aliphatic rings. The van der Waals surface area contributed by atoms with Gasteiger partial charge in [0.2, 0.25) is 0 Å². The number of halogens is 1. The van der Waals surface area contributed by atoms with Crippen LogP contribution in [0.25, 0.3) is 0 Å². The molecular formula is C16H23ClN2. The second kappa shape index (κ2) is 7.53. The summed E-state index contributed by atoms with van der Waals surface area (Å²) in [4.78, 5) is 2.27. The van der Waals surface area contributed by atoms with Crippen molar-refractivity contribution < 1.29 is 0 Å². The second-order valence-corrected chi connectivity index (χ2v) is 5.55. The monoisotopic (exact) mass is 278 g/mol. The maximum absolute atomic E-state index is 9.63. The van der Waals surface area contributed by atoms with Crippen LogP contribution in [0.5, 0.6) is 0 Å². The minimum atomic E-state index is -0.489. The first-order valence-electron chi connectivity index (χ1n) is 6.97. The molecule has 0 radical (unpaired) electrons. The minimum Gasteiger partial charge on any atom is -0.286 e. The van der Waals surface area contributed by atoms with Crippen LogP contribution < -0.4 is 0 Å². The van der Waals surface area contributed by atoms with Gasteiger partial charge in [0, 0.05) is 11.4 Å². The molecular weight excluding hydrogens is 256 g/mol. The fourth-order valence-corrected chi connectivity index (χ4v) is 2.58. The number of nitrogens with zero attached hydrogens (tertiary/aromatic N) is 2. The van der Waals surface area contributed by atoms with Crippen molar-refractivity contribution in [2.45, 2.75) is 45.6 Å². The van der Waals surface area contributed by atoms with Crippen LogP contribution >= 0.6 is 11.6 Å². The smallest absolute Gasteiger partial charge is 0.110 e. The summed E-state index contributed by atoms with van der Waals surface area (Å²) < 4.78 is 0. The Hall–Kier alpha value is -1.04. The number of rotatable bonds is 7. The molecule has 0 aromatic heterocycles. The summed E-state index contributed by atoms with van der Waals surface area (Å²) in [5, 5.41) is 10.4. The van der Waals surface area contributed by atoms with Gasteiger partial charge in [0.05, 0.1) is 6.07 Å². The summed E-state index contributed by atoms with van der Waals surface area (Å²) >= 11 is 6.22. The molecule has 0 heterocycles. The third-order valence-electron chi connectivity index (χ3n) is 3.42. The molecule has 19 heavy (non-hydrogen) atoms. The predicted molar refractivity (Wildman–Crippen MR) is 81.3 cm³/mol. The lowest BCUT2D eigenvalue weighted by Crippen LogP contribution is -2.47. The van der Waals surface area contributed by atoms with Crippen LogP contribution in [0.3, 0.4) is 0 Å². The van der Waals surface area contributed by atoms with E-state index in [0.29, 0.717) is 6.42 Å². The molecule has 0 fully saturated rings. The second-order valence-electron chi connectivity index (χ2n) is 5.14. The van der Waals surface area contributed by atoms with Crippen LogP contribution in [-0.4, -0.2) is 23.5 Å². The molecule has 104 valence electrons. The van der Waals surface area contributed by atoms with Crippen molar-refractivity contribution in [2.24, 2.45) is 0 Å². The fraction of sp³-hybridized carbons (Fsp3) is 0.562. The summed E-state index contributed by atoms with van der Waals surface area (Å²) in [5.74, 6) is 0. The molecule has 0 N–H and O–H groups in total. The number of nitriles is 1. The summed E-state index contributed by atoms with van der Waals surface area (Å²) in [6.45, 7) is 8.21. The van der Waals surface area contributed by atoms with Crippen molar-refractivity contribution in [3.63, 3.8) is 0 Å². The van der Waals surface area contributed by atoms with Crippen LogP contribution in [0, 0.1) is 11.3 Å². The molecule has 0 saturated carbocycles. The summed E-state index contributed by atoms with van der Waals surface area (Å²) in [6, 6.07) is 10.3. The van der Waals surface area contributed by atoms with E-state index < -0.39 is 5.54 Å². The van der Waals surface area contributed by atoms with Crippen LogP contribution in [0.1, 0.15) is 39.2 Å². The Bertz CT molecular complexity index is 433. The Morgan fingerprint density at radius 3 is 2.26 bits per heavy atom. The predicted octanol–water partition coefficient (Wildman–Crippen LogP) is 4.29. The molecule has 0 saturated heterocycles. The molecule has 0 aliphatic carbocycles. The Kier molecular flexibility index (Phi) is 6.34. The maximum atomic E-state index is 9.63. The van der Waals surface area contributed by atoms with Gasteiger partial charge < -0.3 is 0 Å². The van der Waals surface area contributed by atoms with Gasteiger partial charge in [-0.1, -0.05) is 43.6 Å². The topological polar surface area (TPSA) is 27.0 Å². The average Bonchev–Trinajstić information content (AvgIpc) is 2.41. The van der Waals surface area contributed by atoms with E-state index in [9.17, 15) is 5.26 Å². The molecule has 1 rings (SSSR count). The van der Waals surface area contributed by atoms with Gasteiger partial charge in [-0.2, -0.15) is 5.26 Å². The molecule has 2 nitrogen and oxygen atoms in total. The zero-order valence-electron chi connectivity index (χ0n) is 12.1. The third kappa shape index (κ3) is 4.23. The highest BCUT2D eigenvalue weighted by Gasteiger charge is 2.31. The summed E-state index contributed by atoms with van der Waals surface area (Å²) in [6.07, 6.45) is 2.78.